The van der Waals surface area contributed by atoms with Crippen molar-refractivity contribution in [1.29, 1.82) is 0 Å². The first-order valence-corrected chi connectivity index (χ1v) is 8.48. The lowest BCUT2D eigenvalue weighted by atomic mass is 9.83. The molecule has 118 valence electrons. The number of nitrogens with one attached hydrogen (secondary N) is 1. The van der Waals surface area contributed by atoms with Crippen LogP contribution in [-0.4, -0.2) is 41.9 Å². The minimum absolute atomic E-state index is 0.0332. The molecule has 3 N–H and O–H groups in total. The summed E-state index contributed by atoms with van der Waals surface area (Å²) in [7, 11) is 0. The Morgan fingerprint density at radius 2 is 2.14 bits per heavy atom. The van der Waals surface area contributed by atoms with Crippen LogP contribution in [0, 0.1) is 11.8 Å². The Morgan fingerprint density at radius 3 is 2.95 bits per heavy atom. The van der Waals surface area contributed by atoms with Gasteiger partial charge in [-0.1, -0.05) is 12.8 Å². The lowest BCUT2D eigenvalue weighted by Gasteiger charge is -2.36. The molecule has 5 heteroatoms. The third-order valence-corrected chi connectivity index (χ3v) is 5.51. The third-order valence-electron chi connectivity index (χ3n) is 5.51. The SMILES string of the molecule is NC1CCCC(CCC(=O)N2CCCC3C(=O)NCC32)C1. The molecule has 1 saturated carbocycles. The molecule has 4 unspecified atom stereocenters. The second kappa shape index (κ2) is 6.34. The third kappa shape index (κ3) is 3.23. The van der Waals surface area contributed by atoms with Gasteiger partial charge in [0.05, 0.1) is 12.0 Å². The number of fused-ring (bicyclic) bond motifs is 1. The fraction of sp³-hybridized carbons (Fsp3) is 0.875. The molecule has 0 aromatic carbocycles. The predicted molar refractivity (Wildman–Crippen MR) is 80.4 cm³/mol. The minimum Gasteiger partial charge on any atom is -0.354 e. The minimum atomic E-state index is 0.0332. The second-order valence-electron chi connectivity index (χ2n) is 6.98. The molecule has 0 radical (unpaired) electrons. The molecule has 2 heterocycles. The average molecular weight is 293 g/mol. The van der Waals surface area contributed by atoms with Crippen LogP contribution in [0.1, 0.15) is 51.4 Å². The molecule has 0 aromatic rings. The van der Waals surface area contributed by atoms with Crippen LogP contribution >= 0.6 is 0 Å². The number of piperidine rings is 1. The van der Waals surface area contributed by atoms with E-state index in [4.69, 9.17) is 5.73 Å². The van der Waals surface area contributed by atoms with Crippen LogP contribution in [-0.2, 0) is 9.59 Å². The summed E-state index contributed by atoms with van der Waals surface area (Å²) in [5.74, 6) is 1.02. The predicted octanol–water partition coefficient (Wildman–Crippen LogP) is 1.02. The van der Waals surface area contributed by atoms with Gasteiger partial charge in [-0.3, -0.25) is 9.59 Å². The first-order valence-electron chi connectivity index (χ1n) is 8.48. The molecule has 0 bridgehead atoms. The number of nitrogens with two attached hydrogens (primary N) is 1. The number of nitrogens with zero attached hydrogens (tertiary/aromatic N) is 1. The Balaban J connectivity index is 1.51. The topological polar surface area (TPSA) is 75.4 Å². The van der Waals surface area contributed by atoms with E-state index in [2.05, 4.69) is 5.32 Å². The maximum absolute atomic E-state index is 12.5. The molecule has 3 aliphatic rings. The van der Waals surface area contributed by atoms with Crippen LogP contribution < -0.4 is 11.1 Å². The fourth-order valence-corrected chi connectivity index (χ4v) is 4.33. The Kier molecular flexibility index (Phi) is 4.48. The van der Waals surface area contributed by atoms with Gasteiger partial charge in [-0.15, -0.1) is 0 Å². The van der Waals surface area contributed by atoms with Gasteiger partial charge in [0.2, 0.25) is 11.8 Å². The van der Waals surface area contributed by atoms with Gasteiger partial charge < -0.3 is 16.0 Å². The fourth-order valence-electron chi connectivity index (χ4n) is 4.33. The lowest BCUT2D eigenvalue weighted by molar-refractivity contribution is -0.137. The summed E-state index contributed by atoms with van der Waals surface area (Å²) in [6.07, 6.45) is 8.08. The monoisotopic (exact) mass is 293 g/mol. The van der Waals surface area contributed by atoms with Crippen LogP contribution in [0.5, 0.6) is 0 Å². The van der Waals surface area contributed by atoms with Crippen molar-refractivity contribution in [3.05, 3.63) is 0 Å². The smallest absolute Gasteiger partial charge is 0.225 e. The number of carbonyl (C=O) groups excluding carboxylic acids is 2. The Bertz CT molecular complexity index is 412. The lowest BCUT2D eigenvalue weighted by Crippen LogP contribution is -2.48. The summed E-state index contributed by atoms with van der Waals surface area (Å²) in [6, 6.07) is 0.433. The van der Waals surface area contributed by atoms with Crippen molar-refractivity contribution in [3.63, 3.8) is 0 Å². The van der Waals surface area contributed by atoms with Gasteiger partial charge >= 0.3 is 0 Å². The van der Waals surface area contributed by atoms with Crippen LogP contribution in [0.15, 0.2) is 0 Å². The maximum atomic E-state index is 12.5. The van der Waals surface area contributed by atoms with E-state index in [-0.39, 0.29) is 23.8 Å². The Hall–Kier alpha value is -1.10. The molecule has 21 heavy (non-hydrogen) atoms. The zero-order valence-electron chi connectivity index (χ0n) is 12.7. The highest BCUT2D eigenvalue weighted by Crippen LogP contribution is 2.30. The highest BCUT2D eigenvalue weighted by Gasteiger charge is 2.42. The first-order chi connectivity index (χ1) is 10.1. The number of amides is 2. The van der Waals surface area contributed by atoms with Gasteiger partial charge in [0.25, 0.3) is 0 Å². The zero-order valence-corrected chi connectivity index (χ0v) is 12.7. The van der Waals surface area contributed by atoms with E-state index in [1.54, 1.807) is 0 Å². The molecule has 2 saturated heterocycles. The summed E-state index contributed by atoms with van der Waals surface area (Å²) < 4.78 is 0. The maximum Gasteiger partial charge on any atom is 0.225 e. The number of carbonyl (C=O) groups is 2. The van der Waals surface area contributed by atoms with E-state index in [1.807, 2.05) is 4.90 Å². The molecule has 4 atom stereocenters. The molecule has 2 amide bonds. The van der Waals surface area contributed by atoms with Gasteiger partial charge in [-0.2, -0.15) is 0 Å². The summed E-state index contributed by atoms with van der Waals surface area (Å²) in [6.45, 7) is 1.46. The summed E-state index contributed by atoms with van der Waals surface area (Å²) >= 11 is 0. The normalized spacial score (nSPS) is 36.2. The van der Waals surface area contributed by atoms with Crippen molar-refractivity contribution < 1.29 is 9.59 Å². The van der Waals surface area contributed by atoms with Crippen LogP contribution in [0.4, 0.5) is 0 Å². The van der Waals surface area contributed by atoms with Crippen molar-refractivity contribution in [2.24, 2.45) is 17.6 Å². The van der Waals surface area contributed by atoms with Gasteiger partial charge in [0.15, 0.2) is 0 Å². The molecule has 3 rings (SSSR count). The molecule has 0 spiro atoms. The van der Waals surface area contributed by atoms with Gasteiger partial charge in [-0.25, -0.2) is 0 Å². The molecular weight excluding hydrogens is 266 g/mol. The van der Waals surface area contributed by atoms with E-state index in [0.717, 1.165) is 38.6 Å². The van der Waals surface area contributed by atoms with Crippen molar-refractivity contribution >= 4 is 11.8 Å². The quantitative estimate of drug-likeness (QED) is 0.816. The van der Waals surface area contributed by atoms with Crippen molar-refractivity contribution in [3.8, 4) is 0 Å². The summed E-state index contributed by atoms with van der Waals surface area (Å²) in [5.41, 5.74) is 6.02. The van der Waals surface area contributed by atoms with E-state index < -0.39 is 0 Å². The summed E-state index contributed by atoms with van der Waals surface area (Å²) in [5, 5.41) is 2.91. The number of likely N-dealkylation sites (tertiary alicyclic amines) is 1. The van der Waals surface area contributed by atoms with Crippen LogP contribution in [0.2, 0.25) is 0 Å². The Morgan fingerprint density at radius 1 is 1.29 bits per heavy atom. The number of hydrogen-bond acceptors (Lipinski definition) is 3. The largest absolute Gasteiger partial charge is 0.354 e. The van der Waals surface area contributed by atoms with E-state index in [0.29, 0.717) is 24.9 Å². The average Bonchev–Trinajstić information content (AvgIpc) is 2.87. The number of hydrogen-bond donors (Lipinski definition) is 2. The molecular formula is C16H27N3O2. The Labute approximate surface area is 126 Å². The summed E-state index contributed by atoms with van der Waals surface area (Å²) in [4.78, 5) is 26.2. The standard InChI is InChI=1S/C16H27N3O2/c17-12-4-1-3-11(9-12)6-7-15(20)19-8-2-5-13-14(19)10-18-16(13)21/h11-14H,1-10,17H2,(H,18,21). The first kappa shape index (κ1) is 14.8. The molecule has 3 fully saturated rings. The van der Waals surface area contributed by atoms with Crippen molar-refractivity contribution in [2.45, 2.75) is 63.5 Å². The zero-order chi connectivity index (χ0) is 14.8. The molecule has 5 nitrogen and oxygen atoms in total. The van der Waals surface area contributed by atoms with E-state index >= 15 is 0 Å². The van der Waals surface area contributed by atoms with Crippen LogP contribution in [0.25, 0.3) is 0 Å². The highest BCUT2D eigenvalue weighted by molar-refractivity contribution is 5.84. The van der Waals surface area contributed by atoms with Gasteiger partial charge in [0, 0.05) is 25.6 Å². The van der Waals surface area contributed by atoms with Gasteiger partial charge in [0.1, 0.15) is 0 Å². The van der Waals surface area contributed by atoms with E-state index in [1.165, 1.54) is 12.8 Å². The van der Waals surface area contributed by atoms with Crippen molar-refractivity contribution in [2.75, 3.05) is 13.1 Å². The second-order valence-corrected chi connectivity index (χ2v) is 6.98. The molecule has 0 aromatic heterocycles. The molecule has 1 aliphatic carbocycles. The number of rotatable bonds is 3. The van der Waals surface area contributed by atoms with Gasteiger partial charge in [-0.05, 0) is 38.0 Å². The van der Waals surface area contributed by atoms with Crippen molar-refractivity contribution in [1.82, 2.24) is 10.2 Å². The van der Waals surface area contributed by atoms with Crippen LogP contribution in [0.3, 0.4) is 0 Å². The van der Waals surface area contributed by atoms with E-state index in [9.17, 15) is 9.59 Å². The highest BCUT2D eigenvalue weighted by atomic mass is 16.2. The molecule has 2 aliphatic heterocycles.